The molecular formula is C11H18N2O. The highest BCUT2D eigenvalue weighted by Gasteiger charge is 2.44. The molecule has 1 saturated heterocycles. The van der Waals surface area contributed by atoms with Crippen molar-refractivity contribution in [1.29, 1.82) is 0 Å². The van der Waals surface area contributed by atoms with Gasteiger partial charge >= 0.3 is 0 Å². The molecule has 78 valence electrons. The van der Waals surface area contributed by atoms with Crippen LogP contribution in [-0.2, 0) is 4.79 Å². The molecule has 3 aliphatic rings. The predicted octanol–water partition coefficient (Wildman–Crippen LogP) is 0.735. The molecule has 0 aromatic carbocycles. The minimum Gasteiger partial charge on any atom is -0.339 e. The smallest absolute Gasteiger partial charge is 0.226 e. The maximum atomic E-state index is 12.0. The molecule has 2 unspecified atom stereocenters. The molecule has 1 heterocycles. The van der Waals surface area contributed by atoms with Gasteiger partial charge < -0.3 is 10.6 Å². The fraction of sp³-hybridized carbons (Fsp3) is 0.909. The highest BCUT2D eigenvalue weighted by molar-refractivity contribution is 5.80. The van der Waals surface area contributed by atoms with E-state index in [2.05, 4.69) is 4.90 Å². The lowest BCUT2D eigenvalue weighted by molar-refractivity contribution is -0.140. The monoisotopic (exact) mass is 194 g/mol. The lowest BCUT2D eigenvalue weighted by Crippen LogP contribution is -2.48. The average molecular weight is 194 g/mol. The summed E-state index contributed by atoms with van der Waals surface area (Å²) in [6.45, 7) is 1.04. The van der Waals surface area contributed by atoms with Crippen molar-refractivity contribution in [2.45, 2.75) is 44.2 Å². The van der Waals surface area contributed by atoms with Gasteiger partial charge in [-0.25, -0.2) is 0 Å². The Labute approximate surface area is 84.6 Å². The van der Waals surface area contributed by atoms with Crippen LogP contribution in [0.4, 0.5) is 0 Å². The Bertz CT molecular complexity index is 260. The van der Waals surface area contributed by atoms with Crippen molar-refractivity contribution in [3.63, 3.8) is 0 Å². The van der Waals surface area contributed by atoms with Crippen molar-refractivity contribution in [1.82, 2.24) is 4.90 Å². The zero-order valence-electron chi connectivity index (χ0n) is 8.48. The first kappa shape index (κ1) is 8.72. The normalized spacial score (nSPS) is 45.4. The van der Waals surface area contributed by atoms with Gasteiger partial charge in [-0.05, 0) is 38.0 Å². The molecule has 0 aromatic heterocycles. The van der Waals surface area contributed by atoms with Gasteiger partial charge in [-0.3, -0.25) is 4.79 Å². The third-order valence-corrected chi connectivity index (χ3v) is 4.22. The van der Waals surface area contributed by atoms with Crippen LogP contribution in [0.2, 0.25) is 0 Å². The van der Waals surface area contributed by atoms with Crippen LogP contribution in [0.15, 0.2) is 0 Å². The van der Waals surface area contributed by atoms with E-state index in [1.165, 1.54) is 19.3 Å². The van der Waals surface area contributed by atoms with E-state index < -0.39 is 0 Å². The summed E-state index contributed by atoms with van der Waals surface area (Å²) >= 11 is 0. The standard InChI is InChI=1S/C11H18N2O/c12-9-4-8(5-9)11(14)13-6-7-1-2-10(13)3-7/h7-10H,1-6,12H2. The maximum absolute atomic E-state index is 12.0. The quantitative estimate of drug-likeness (QED) is 0.669. The zero-order chi connectivity index (χ0) is 9.71. The molecule has 14 heavy (non-hydrogen) atoms. The van der Waals surface area contributed by atoms with E-state index in [1.807, 2.05) is 0 Å². The first-order valence-electron chi connectivity index (χ1n) is 5.80. The summed E-state index contributed by atoms with van der Waals surface area (Å²) in [5.41, 5.74) is 5.71. The van der Waals surface area contributed by atoms with Crippen LogP contribution in [0, 0.1) is 11.8 Å². The summed E-state index contributed by atoms with van der Waals surface area (Å²) in [6, 6.07) is 0.882. The lowest BCUT2D eigenvalue weighted by Gasteiger charge is -2.37. The summed E-state index contributed by atoms with van der Waals surface area (Å²) in [5.74, 6) is 1.49. The average Bonchev–Trinajstić information content (AvgIpc) is 2.72. The Morgan fingerprint density at radius 3 is 2.50 bits per heavy atom. The fourth-order valence-electron chi connectivity index (χ4n) is 3.29. The molecule has 3 heteroatoms. The summed E-state index contributed by atoms with van der Waals surface area (Å²) in [6.07, 6.45) is 5.71. The van der Waals surface area contributed by atoms with E-state index in [0.29, 0.717) is 18.0 Å². The Morgan fingerprint density at radius 1 is 1.21 bits per heavy atom. The molecule has 0 spiro atoms. The number of carbonyl (C=O) groups excluding carboxylic acids is 1. The van der Waals surface area contributed by atoms with Crippen LogP contribution in [-0.4, -0.2) is 29.4 Å². The molecule has 2 saturated carbocycles. The van der Waals surface area contributed by atoms with Crippen molar-refractivity contribution in [2.24, 2.45) is 17.6 Å². The molecule has 2 atom stereocenters. The van der Waals surface area contributed by atoms with Crippen LogP contribution in [0.5, 0.6) is 0 Å². The second kappa shape index (κ2) is 2.96. The van der Waals surface area contributed by atoms with Crippen molar-refractivity contribution in [3.05, 3.63) is 0 Å². The number of rotatable bonds is 1. The number of amides is 1. The maximum Gasteiger partial charge on any atom is 0.226 e. The number of piperidine rings is 1. The molecule has 1 amide bonds. The van der Waals surface area contributed by atoms with Gasteiger partial charge in [0.2, 0.25) is 5.91 Å². The van der Waals surface area contributed by atoms with Crippen molar-refractivity contribution >= 4 is 5.91 Å². The number of carbonyl (C=O) groups is 1. The highest BCUT2D eigenvalue weighted by atomic mass is 16.2. The number of fused-ring (bicyclic) bond motifs is 2. The molecule has 3 rings (SSSR count). The van der Waals surface area contributed by atoms with Gasteiger partial charge in [0.15, 0.2) is 0 Å². The molecule has 1 aliphatic heterocycles. The second-order valence-electron chi connectivity index (χ2n) is 5.25. The molecule has 0 aromatic rings. The minimum absolute atomic E-state index is 0.268. The SMILES string of the molecule is NC1CC(C(=O)N2CC3CCC2C3)C1. The summed E-state index contributed by atoms with van der Waals surface area (Å²) in [5, 5.41) is 0. The highest BCUT2D eigenvalue weighted by Crippen LogP contribution is 2.40. The molecule has 2 aliphatic carbocycles. The topological polar surface area (TPSA) is 46.3 Å². The predicted molar refractivity (Wildman–Crippen MR) is 53.5 cm³/mol. The van der Waals surface area contributed by atoms with Crippen LogP contribution in [0.25, 0.3) is 0 Å². The Hall–Kier alpha value is -0.570. The van der Waals surface area contributed by atoms with Crippen molar-refractivity contribution < 1.29 is 4.79 Å². The van der Waals surface area contributed by atoms with Crippen molar-refractivity contribution in [3.8, 4) is 0 Å². The van der Waals surface area contributed by atoms with Crippen LogP contribution < -0.4 is 5.73 Å². The van der Waals surface area contributed by atoms with Gasteiger partial charge in [-0.2, -0.15) is 0 Å². The Morgan fingerprint density at radius 2 is 2.00 bits per heavy atom. The first-order chi connectivity index (χ1) is 6.74. The second-order valence-corrected chi connectivity index (χ2v) is 5.25. The number of hydrogen-bond acceptors (Lipinski definition) is 2. The first-order valence-corrected chi connectivity index (χ1v) is 5.80. The molecule has 2 N–H and O–H groups in total. The minimum atomic E-state index is 0.268. The lowest BCUT2D eigenvalue weighted by atomic mass is 9.79. The molecular weight excluding hydrogens is 176 g/mol. The van der Waals surface area contributed by atoms with E-state index in [-0.39, 0.29) is 5.92 Å². The third-order valence-electron chi connectivity index (χ3n) is 4.22. The summed E-state index contributed by atoms with van der Waals surface area (Å²) in [4.78, 5) is 14.2. The van der Waals surface area contributed by atoms with Gasteiger partial charge in [-0.15, -0.1) is 0 Å². The Balaban J connectivity index is 1.63. The number of likely N-dealkylation sites (tertiary alicyclic amines) is 1. The van der Waals surface area contributed by atoms with Gasteiger partial charge in [0.05, 0.1) is 0 Å². The fourth-order valence-corrected chi connectivity index (χ4v) is 3.29. The number of hydrogen-bond donors (Lipinski definition) is 1. The van der Waals surface area contributed by atoms with Gasteiger partial charge in [0.1, 0.15) is 0 Å². The van der Waals surface area contributed by atoms with E-state index in [4.69, 9.17) is 5.73 Å². The van der Waals surface area contributed by atoms with Crippen LogP contribution in [0.1, 0.15) is 32.1 Å². The van der Waals surface area contributed by atoms with Gasteiger partial charge in [0, 0.05) is 24.5 Å². The third kappa shape index (κ3) is 1.18. The number of nitrogens with two attached hydrogens (primary N) is 1. The van der Waals surface area contributed by atoms with E-state index in [1.54, 1.807) is 0 Å². The summed E-state index contributed by atoms with van der Waals surface area (Å²) in [7, 11) is 0. The van der Waals surface area contributed by atoms with Gasteiger partial charge in [-0.1, -0.05) is 0 Å². The molecule has 0 radical (unpaired) electrons. The Kier molecular flexibility index (Phi) is 1.84. The largest absolute Gasteiger partial charge is 0.339 e. The zero-order valence-corrected chi connectivity index (χ0v) is 8.48. The van der Waals surface area contributed by atoms with Gasteiger partial charge in [0.25, 0.3) is 0 Å². The van der Waals surface area contributed by atoms with E-state index in [9.17, 15) is 4.79 Å². The molecule has 3 nitrogen and oxygen atoms in total. The van der Waals surface area contributed by atoms with Crippen LogP contribution >= 0.6 is 0 Å². The summed E-state index contributed by atoms with van der Waals surface area (Å²) < 4.78 is 0. The van der Waals surface area contributed by atoms with E-state index in [0.717, 1.165) is 25.3 Å². The van der Waals surface area contributed by atoms with Crippen LogP contribution in [0.3, 0.4) is 0 Å². The van der Waals surface area contributed by atoms with Crippen molar-refractivity contribution in [2.75, 3.05) is 6.54 Å². The molecule has 2 bridgehead atoms. The molecule has 3 fully saturated rings. The number of nitrogens with zero attached hydrogens (tertiary/aromatic N) is 1. The van der Waals surface area contributed by atoms with E-state index >= 15 is 0 Å².